The van der Waals surface area contributed by atoms with E-state index in [1.54, 1.807) is 56.8 Å². The van der Waals surface area contributed by atoms with Crippen molar-refractivity contribution in [2.24, 2.45) is 0 Å². The Balaban J connectivity index is 0.00000103. The molecule has 2 heterocycles. The second-order valence-electron chi connectivity index (χ2n) is 7.43. The molecule has 9 heteroatoms. The molecule has 3 N–H and O–H groups in total. The largest absolute Gasteiger partial charge is 0.388 e. The Kier molecular flexibility index (Phi) is 7.92. The summed E-state index contributed by atoms with van der Waals surface area (Å²) in [6.45, 7) is 0. The van der Waals surface area contributed by atoms with Gasteiger partial charge < -0.3 is 14.5 Å². The predicted molar refractivity (Wildman–Crippen MR) is 123 cm³/mol. The summed E-state index contributed by atoms with van der Waals surface area (Å²) in [6.07, 6.45) is 2.39. The lowest BCUT2D eigenvalue weighted by Crippen LogP contribution is -2.42. The summed E-state index contributed by atoms with van der Waals surface area (Å²) in [5.41, 5.74) is 4.33. The molecule has 34 heavy (non-hydrogen) atoms. The van der Waals surface area contributed by atoms with Crippen LogP contribution in [0.3, 0.4) is 0 Å². The Morgan fingerprint density at radius 3 is 2.41 bits per heavy atom. The molecule has 3 amide bonds. The number of aldehydes is 1. The maximum Gasteiger partial charge on any atom is 0.262 e. The van der Waals surface area contributed by atoms with Crippen LogP contribution in [0.5, 0.6) is 0 Å². The van der Waals surface area contributed by atoms with E-state index in [0.717, 1.165) is 21.4 Å². The molecule has 1 unspecified atom stereocenters. The number of nitrogens with one attached hydrogen (secondary N) is 2. The van der Waals surface area contributed by atoms with Crippen molar-refractivity contribution in [2.75, 3.05) is 14.2 Å². The summed E-state index contributed by atoms with van der Waals surface area (Å²) >= 11 is 0. The Labute approximate surface area is 195 Å². The Morgan fingerprint density at radius 2 is 1.82 bits per heavy atom. The van der Waals surface area contributed by atoms with Gasteiger partial charge in [0.2, 0.25) is 0 Å². The van der Waals surface area contributed by atoms with Gasteiger partial charge in [-0.05, 0) is 29.8 Å². The highest BCUT2D eigenvalue weighted by Gasteiger charge is 2.39. The highest BCUT2D eigenvalue weighted by atomic mass is 16.5. The zero-order valence-corrected chi connectivity index (χ0v) is 18.6. The van der Waals surface area contributed by atoms with Crippen LogP contribution in [0.1, 0.15) is 38.3 Å². The lowest BCUT2D eigenvalue weighted by molar-refractivity contribution is -0.128. The van der Waals surface area contributed by atoms with Gasteiger partial charge in [0.25, 0.3) is 17.7 Å². The zero-order chi connectivity index (χ0) is 24.7. The number of carbonyl (C=O) groups is 4. The average Bonchev–Trinajstić information content (AvgIpc) is 3.36. The van der Waals surface area contributed by atoms with E-state index in [0.29, 0.717) is 23.0 Å². The Hall–Kier alpha value is -4.26. The molecular weight excluding hydrogens is 438 g/mol. The monoisotopic (exact) mass is 461 g/mol. The van der Waals surface area contributed by atoms with Crippen molar-refractivity contribution in [2.45, 2.75) is 18.9 Å². The number of imide groups is 1. The highest BCUT2D eigenvalue weighted by molar-refractivity contribution is 6.22. The van der Waals surface area contributed by atoms with E-state index < -0.39 is 23.8 Å². The fraction of sp³-hybridized carbons (Fsp3) is 0.200. The van der Waals surface area contributed by atoms with Gasteiger partial charge in [0.1, 0.15) is 6.29 Å². The van der Waals surface area contributed by atoms with E-state index >= 15 is 0 Å². The quantitative estimate of drug-likeness (QED) is 0.175. The molecule has 0 saturated heterocycles. The summed E-state index contributed by atoms with van der Waals surface area (Å²) < 4.78 is 4.25. The van der Waals surface area contributed by atoms with Crippen LogP contribution < -0.4 is 5.48 Å². The second-order valence-corrected chi connectivity index (χ2v) is 7.43. The molecule has 1 aliphatic rings. The first kappa shape index (κ1) is 24.4. The number of amides is 3. The number of rotatable bonds is 5. The van der Waals surface area contributed by atoms with Crippen LogP contribution in [0.2, 0.25) is 0 Å². The van der Waals surface area contributed by atoms with Crippen molar-refractivity contribution >= 4 is 34.9 Å². The van der Waals surface area contributed by atoms with E-state index in [-0.39, 0.29) is 12.8 Å². The van der Waals surface area contributed by atoms with Crippen LogP contribution in [0.25, 0.3) is 10.9 Å². The number of aromatic nitrogens is 1. The topological polar surface area (TPSA) is 129 Å². The Bertz CT molecular complexity index is 1270. The maximum atomic E-state index is 12.7. The van der Waals surface area contributed by atoms with Crippen LogP contribution in [0.4, 0.5) is 0 Å². The van der Waals surface area contributed by atoms with Crippen molar-refractivity contribution in [3.63, 3.8) is 0 Å². The summed E-state index contributed by atoms with van der Waals surface area (Å²) in [6, 6.07) is 11.0. The molecule has 0 fully saturated rings. The molecule has 0 bridgehead atoms. The van der Waals surface area contributed by atoms with Crippen LogP contribution in [0, 0.1) is 11.8 Å². The van der Waals surface area contributed by atoms with Gasteiger partial charge in [0.15, 0.2) is 0 Å². The van der Waals surface area contributed by atoms with Gasteiger partial charge >= 0.3 is 0 Å². The average molecular weight is 461 g/mol. The third-order valence-corrected chi connectivity index (χ3v) is 5.12. The molecule has 1 aromatic heterocycles. The molecule has 9 nitrogen and oxygen atoms in total. The number of ether oxygens (including phenoxy) is 1. The molecule has 0 aliphatic carbocycles. The van der Waals surface area contributed by atoms with Crippen molar-refractivity contribution < 1.29 is 29.1 Å². The smallest absolute Gasteiger partial charge is 0.262 e. The second kappa shape index (κ2) is 11.0. The summed E-state index contributed by atoms with van der Waals surface area (Å²) in [7, 11) is 3.25. The Morgan fingerprint density at radius 1 is 1.18 bits per heavy atom. The number of H-pyrrole nitrogens is 1. The highest BCUT2D eigenvalue weighted by Crippen LogP contribution is 2.27. The molecule has 1 aliphatic heterocycles. The third kappa shape index (κ3) is 5.04. The molecule has 0 saturated carbocycles. The van der Waals surface area contributed by atoms with Gasteiger partial charge in [-0.15, -0.1) is 0 Å². The van der Waals surface area contributed by atoms with Crippen LogP contribution in [-0.2, 0) is 20.7 Å². The van der Waals surface area contributed by atoms with Gasteiger partial charge in [0.05, 0.1) is 23.6 Å². The van der Waals surface area contributed by atoms with Crippen LogP contribution >= 0.6 is 0 Å². The summed E-state index contributed by atoms with van der Waals surface area (Å²) in [5.74, 6) is 3.96. The standard InChI is InChI=1S/C23H17N3O5.C2H6O/c27-13-16(26-22(29)18-5-1-2-6-19(18)23(26)30)11-15-12-24-20-10-14(8-9-17(15)20)4-3-7-21(28)25-31;1-3-2/h1-2,5-6,8-10,12-13,16,24,31H,7,11H2,(H,25,28);1-2H3. The molecule has 3 aromatic rings. The fourth-order valence-corrected chi connectivity index (χ4v) is 3.63. The number of hydrogen-bond acceptors (Lipinski definition) is 6. The normalized spacial score (nSPS) is 12.9. The zero-order valence-electron chi connectivity index (χ0n) is 18.6. The molecule has 174 valence electrons. The molecule has 0 spiro atoms. The van der Waals surface area contributed by atoms with E-state index in [1.165, 1.54) is 5.48 Å². The number of fused-ring (bicyclic) bond motifs is 2. The molecule has 2 aromatic carbocycles. The number of nitrogens with zero attached hydrogens (tertiary/aromatic N) is 1. The fourth-order valence-electron chi connectivity index (χ4n) is 3.63. The maximum absolute atomic E-state index is 12.7. The SMILES string of the molecule is COC.O=CC(Cc1c[nH]c2cc(C#CCC(=O)NO)ccc12)N1C(=O)c2ccccc2C1=O. The number of aromatic amines is 1. The predicted octanol–water partition coefficient (Wildman–Crippen LogP) is 2.08. The number of hydroxylamine groups is 1. The number of carbonyl (C=O) groups excluding carboxylic acids is 4. The molecule has 4 rings (SSSR count). The summed E-state index contributed by atoms with van der Waals surface area (Å²) in [5, 5.41) is 9.32. The van der Waals surface area contributed by atoms with Crippen molar-refractivity contribution in [1.29, 1.82) is 0 Å². The van der Waals surface area contributed by atoms with E-state index in [9.17, 15) is 19.2 Å². The van der Waals surface area contributed by atoms with Gasteiger partial charge in [-0.25, -0.2) is 5.48 Å². The third-order valence-electron chi connectivity index (χ3n) is 5.12. The molecular formula is C25H23N3O6. The minimum absolute atomic E-state index is 0.133. The number of methoxy groups -OCH3 is 1. The number of hydrogen-bond donors (Lipinski definition) is 3. The summed E-state index contributed by atoms with van der Waals surface area (Å²) in [4.78, 5) is 52.4. The lowest BCUT2D eigenvalue weighted by Gasteiger charge is -2.21. The molecule has 1 atom stereocenters. The number of benzene rings is 2. The first-order chi connectivity index (χ1) is 16.4. The van der Waals surface area contributed by atoms with Gasteiger partial charge in [-0.3, -0.25) is 24.5 Å². The van der Waals surface area contributed by atoms with Crippen LogP contribution in [0.15, 0.2) is 48.7 Å². The van der Waals surface area contributed by atoms with E-state index in [2.05, 4.69) is 21.6 Å². The molecule has 0 radical (unpaired) electrons. The van der Waals surface area contributed by atoms with Crippen molar-refractivity contribution in [3.8, 4) is 11.8 Å². The van der Waals surface area contributed by atoms with Crippen molar-refractivity contribution in [3.05, 3.63) is 70.9 Å². The minimum Gasteiger partial charge on any atom is -0.388 e. The lowest BCUT2D eigenvalue weighted by atomic mass is 10.0. The van der Waals surface area contributed by atoms with E-state index in [4.69, 9.17) is 5.21 Å². The van der Waals surface area contributed by atoms with Gasteiger partial charge in [-0.2, -0.15) is 0 Å². The van der Waals surface area contributed by atoms with Gasteiger partial charge in [0, 0.05) is 43.3 Å². The van der Waals surface area contributed by atoms with E-state index in [1.807, 2.05) is 6.07 Å². The first-order valence-corrected chi connectivity index (χ1v) is 10.3. The van der Waals surface area contributed by atoms with Crippen molar-refractivity contribution in [1.82, 2.24) is 15.4 Å². The van der Waals surface area contributed by atoms with Gasteiger partial charge in [-0.1, -0.05) is 30.0 Å². The van der Waals surface area contributed by atoms with Crippen LogP contribution in [-0.4, -0.2) is 59.4 Å². The first-order valence-electron chi connectivity index (χ1n) is 10.3. The minimum atomic E-state index is -0.928.